The first-order valence-corrected chi connectivity index (χ1v) is 8.47. The Bertz CT molecular complexity index is 805. The summed E-state index contributed by atoms with van der Waals surface area (Å²) in [6, 6.07) is 19.1. The van der Waals surface area contributed by atoms with Crippen LogP contribution in [-0.2, 0) is 5.88 Å². The summed E-state index contributed by atoms with van der Waals surface area (Å²) in [6.45, 7) is 0. The molecule has 1 aromatic heterocycles. The average molecular weight is 379 g/mol. The molecule has 6 heteroatoms. The highest BCUT2D eigenvalue weighted by atomic mass is 35.5. The largest absolute Gasteiger partial charge is 0.457 e. The Balaban J connectivity index is 0.00000208. The molecule has 0 fully saturated rings. The number of benzene rings is 2. The number of para-hydroxylation sites is 1. The molecule has 0 amide bonds. The fourth-order valence-electron chi connectivity index (χ4n) is 2.07. The van der Waals surface area contributed by atoms with Gasteiger partial charge in [-0.15, -0.1) is 35.3 Å². The van der Waals surface area contributed by atoms with E-state index in [4.69, 9.17) is 22.1 Å². The minimum absolute atomic E-state index is 0. The van der Waals surface area contributed by atoms with Gasteiger partial charge in [-0.2, -0.15) is 0 Å². The first kappa shape index (κ1) is 18.3. The van der Waals surface area contributed by atoms with Crippen molar-refractivity contribution in [3.05, 3.63) is 76.5 Å². The maximum atomic E-state index is 6.05. The minimum Gasteiger partial charge on any atom is -0.457 e. The molecule has 0 saturated heterocycles. The standard InChI is InChI=1S/C18H15ClN2OS.ClH/c19-12-13-11-14(21-18(20)17-7-4-10-23-17)8-9-16(13)22-15-5-2-1-3-6-15;/h1-11H,12H2,(H2,20,21);1H. The van der Waals surface area contributed by atoms with Gasteiger partial charge in [0.25, 0.3) is 0 Å². The number of hydrogen-bond acceptors (Lipinski definition) is 3. The van der Waals surface area contributed by atoms with E-state index in [9.17, 15) is 0 Å². The Morgan fingerprint density at radius 1 is 1.08 bits per heavy atom. The fourth-order valence-corrected chi connectivity index (χ4v) is 2.91. The van der Waals surface area contributed by atoms with Crippen LogP contribution in [0.1, 0.15) is 10.4 Å². The van der Waals surface area contributed by atoms with Crippen LogP contribution < -0.4 is 10.5 Å². The van der Waals surface area contributed by atoms with Crippen LogP contribution in [0.3, 0.4) is 0 Å². The molecular formula is C18H16Cl2N2OS. The molecular weight excluding hydrogens is 363 g/mol. The van der Waals surface area contributed by atoms with Crippen molar-refractivity contribution in [1.29, 1.82) is 0 Å². The van der Waals surface area contributed by atoms with E-state index in [0.29, 0.717) is 11.7 Å². The molecule has 0 aliphatic rings. The van der Waals surface area contributed by atoms with Crippen molar-refractivity contribution in [1.82, 2.24) is 0 Å². The predicted octanol–water partition coefficient (Wildman–Crippen LogP) is 5.74. The summed E-state index contributed by atoms with van der Waals surface area (Å²) in [5.41, 5.74) is 7.65. The molecule has 3 rings (SSSR count). The van der Waals surface area contributed by atoms with Gasteiger partial charge in [0, 0.05) is 5.56 Å². The van der Waals surface area contributed by atoms with E-state index in [1.54, 1.807) is 11.3 Å². The smallest absolute Gasteiger partial charge is 0.141 e. The number of rotatable bonds is 5. The molecule has 0 atom stereocenters. The number of ether oxygens (including phenoxy) is 1. The van der Waals surface area contributed by atoms with Crippen LogP contribution in [0.15, 0.2) is 71.0 Å². The Hall–Kier alpha value is -2.01. The number of aliphatic imine (C=N–C) groups is 1. The molecule has 0 spiro atoms. The molecule has 0 saturated carbocycles. The third-order valence-corrected chi connectivity index (χ3v) is 4.36. The highest BCUT2D eigenvalue weighted by Gasteiger charge is 2.07. The predicted molar refractivity (Wildman–Crippen MR) is 104 cm³/mol. The quantitative estimate of drug-likeness (QED) is 0.349. The zero-order valence-corrected chi connectivity index (χ0v) is 15.1. The number of halogens is 2. The van der Waals surface area contributed by atoms with Gasteiger partial charge in [0.15, 0.2) is 0 Å². The van der Waals surface area contributed by atoms with Crippen LogP contribution >= 0.6 is 35.3 Å². The van der Waals surface area contributed by atoms with Crippen LogP contribution in [0.2, 0.25) is 0 Å². The molecule has 0 aliphatic carbocycles. The molecule has 3 aromatic rings. The lowest BCUT2D eigenvalue weighted by molar-refractivity contribution is 0.478. The molecule has 0 bridgehead atoms. The van der Waals surface area contributed by atoms with E-state index < -0.39 is 0 Å². The van der Waals surface area contributed by atoms with Crippen LogP contribution in [-0.4, -0.2) is 5.84 Å². The van der Waals surface area contributed by atoms with Gasteiger partial charge < -0.3 is 10.5 Å². The fraction of sp³-hybridized carbons (Fsp3) is 0.0556. The number of nitrogens with two attached hydrogens (primary N) is 1. The second kappa shape index (κ2) is 8.73. The maximum Gasteiger partial charge on any atom is 0.141 e. The highest BCUT2D eigenvalue weighted by Crippen LogP contribution is 2.30. The molecule has 0 unspecified atom stereocenters. The van der Waals surface area contributed by atoms with Gasteiger partial charge in [-0.05, 0) is 41.8 Å². The zero-order valence-electron chi connectivity index (χ0n) is 12.7. The third kappa shape index (κ3) is 4.51. The topological polar surface area (TPSA) is 47.6 Å². The van der Waals surface area contributed by atoms with E-state index in [-0.39, 0.29) is 12.4 Å². The summed E-state index contributed by atoms with van der Waals surface area (Å²) in [7, 11) is 0. The van der Waals surface area contributed by atoms with E-state index >= 15 is 0 Å². The monoisotopic (exact) mass is 378 g/mol. The van der Waals surface area contributed by atoms with Crippen molar-refractivity contribution >= 4 is 46.9 Å². The van der Waals surface area contributed by atoms with Crippen molar-refractivity contribution in [3.8, 4) is 11.5 Å². The molecule has 0 aliphatic heterocycles. The Morgan fingerprint density at radius 2 is 1.88 bits per heavy atom. The summed E-state index contributed by atoms with van der Waals surface area (Å²) >= 11 is 7.61. The summed E-state index contributed by atoms with van der Waals surface area (Å²) < 4.78 is 5.87. The lowest BCUT2D eigenvalue weighted by atomic mass is 10.2. The van der Waals surface area contributed by atoms with Crippen LogP contribution in [0.5, 0.6) is 11.5 Å². The summed E-state index contributed by atoms with van der Waals surface area (Å²) in [6.07, 6.45) is 0. The molecule has 2 N–H and O–H groups in total. The van der Waals surface area contributed by atoms with Crippen molar-refractivity contribution in [2.45, 2.75) is 5.88 Å². The Morgan fingerprint density at radius 3 is 2.54 bits per heavy atom. The Labute approximate surface area is 156 Å². The van der Waals surface area contributed by atoms with Crippen molar-refractivity contribution < 1.29 is 4.74 Å². The van der Waals surface area contributed by atoms with Gasteiger partial charge in [0.05, 0.1) is 16.4 Å². The van der Waals surface area contributed by atoms with Crippen LogP contribution in [0.4, 0.5) is 5.69 Å². The number of hydrogen-bond donors (Lipinski definition) is 1. The van der Waals surface area contributed by atoms with Crippen LogP contribution in [0.25, 0.3) is 0 Å². The van der Waals surface area contributed by atoms with Crippen molar-refractivity contribution in [2.24, 2.45) is 10.7 Å². The minimum atomic E-state index is 0. The molecule has 2 aromatic carbocycles. The zero-order chi connectivity index (χ0) is 16.1. The Kier molecular flexibility index (Phi) is 6.67. The second-order valence-electron chi connectivity index (χ2n) is 4.82. The number of thiophene rings is 1. The summed E-state index contributed by atoms with van der Waals surface area (Å²) in [4.78, 5) is 5.40. The van der Waals surface area contributed by atoms with E-state index in [1.165, 1.54) is 0 Å². The first-order chi connectivity index (χ1) is 11.3. The normalized spacial score (nSPS) is 11.0. The average Bonchev–Trinajstić information content (AvgIpc) is 3.12. The summed E-state index contributed by atoms with van der Waals surface area (Å²) in [5.74, 6) is 2.33. The molecule has 0 radical (unpaired) electrons. The van der Waals surface area contributed by atoms with Gasteiger partial charge in [0.1, 0.15) is 17.3 Å². The SMILES string of the molecule is Cl.NC(=Nc1ccc(Oc2ccccc2)c(CCl)c1)c1cccs1. The van der Waals surface area contributed by atoms with E-state index in [0.717, 1.165) is 27.6 Å². The van der Waals surface area contributed by atoms with E-state index in [2.05, 4.69) is 4.99 Å². The van der Waals surface area contributed by atoms with Crippen LogP contribution in [0, 0.1) is 0 Å². The molecule has 124 valence electrons. The second-order valence-corrected chi connectivity index (χ2v) is 6.03. The van der Waals surface area contributed by atoms with Crippen molar-refractivity contribution in [2.75, 3.05) is 0 Å². The van der Waals surface area contributed by atoms with Gasteiger partial charge in [-0.1, -0.05) is 24.3 Å². The molecule has 1 heterocycles. The number of amidine groups is 1. The molecule has 24 heavy (non-hydrogen) atoms. The highest BCUT2D eigenvalue weighted by molar-refractivity contribution is 7.12. The number of alkyl halides is 1. The van der Waals surface area contributed by atoms with Gasteiger partial charge in [-0.3, -0.25) is 0 Å². The third-order valence-electron chi connectivity index (χ3n) is 3.18. The lowest BCUT2D eigenvalue weighted by Crippen LogP contribution is -2.10. The van der Waals surface area contributed by atoms with Crippen molar-refractivity contribution in [3.63, 3.8) is 0 Å². The van der Waals surface area contributed by atoms with Gasteiger partial charge in [-0.25, -0.2) is 4.99 Å². The number of nitrogens with zero attached hydrogens (tertiary/aromatic N) is 1. The lowest BCUT2D eigenvalue weighted by Gasteiger charge is -2.10. The van der Waals surface area contributed by atoms with E-state index in [1.807, 2.05) is 66.0 Å². The maximum absolute atomic E-state index is 6.05. The molecule has 3 nitrogen and oxygen atoms in total. The van der Waals surface area contributed by atoms with Gasteiger partial charge in [0.2, 0.25) is 0 Å². The summed E-state index contributed by atoms with van der Waals surface area (Å²) in [5, 5.41) is 1.97. The van der Waals surface area contributed by atoms with Gasteiger partial charge >= 0.3 is 0 Å². The first-order valence-electron chi connectivity index (χ1n) is 7.06.